The summed E-state index contributed by atoms with van der Waals surface area (Å²) in [6, 6.07) is 12.0. The summed E-state index contributed by atoms with van der Waals surface area (Å²) in [4.78, 5) is 3.13. The molecule has 0 aliphatic heterocycles. The molecule has 0 saturated heterocycles. The fraction of sp³-hybridized carbons (Fsp3) is 0.167. The predicted molar refractivity (Wildman–Crippen MR) is 103 cm³/mol. The molecule has 8 heteroatoms. The van der Waals surface area contributed by atoms with Crippen LogP contribution in [0, 0.1) is 18.3 Å². The summed E-state index contributed by atoms with van der Waals surface area (Å²) < 4.78 is 28.0. The summed E-state index contributed by atoms with van der Waals surface area (Å²) >= 11 is 0. The lowest BCUT2D eigenvalue weighted by atomic mass is 10.1. The Morgan fingerprint density at radius 1 is 1.19 bits per heavy atom. The van der Waals surface area contributed by atoms with Crippen LogP contribution in [0.5, 0.6) is 0 Å². The molecule has 7 nitrogen and oxygen atoms in total. The Balaban J connectivity index is 1.93. The van der Waals surface area contributed by atoms with Crippen molar-refractivity contribution in [1.82, 2.24) is 4.98 Å². The van der Waals surface area contributed by atoms with Crippen molar-refractivity contribution < 1.29 is 8.42 Å². The smallest absolute Gasteiger partial charge is 0.261 e. The van der Waals surface area contributed by atoms with E-state index in [2.05, 4.69) is 21.1 Å². The number of hydrogen-bond donors (Lipinski definition) is 4. The first-order chi connectivity index (χ1) is 12.5. The number of benzene rings is 2. The average molecular weight is 369 g/mol. The van der Waals surface area contributed by atoms with Gasteiger partial charge < -0.3 is 16.0 Å². The molecule has 0 bridgehead atoms. The normalized spacial score (nSPS) is 11.3. The molecule has 0 aliphatic rings. The van der Waals surface area contributed by atoms with Crippen LogP contribution in [0.25, 0.3) is 10.9 Å². The van der Waals surface area contributed by atoms with E-state index in [0.717, 1.165) is 11.3 Å². The maximum absolute atomic E-state index is 12.7. The van der Waals surface area contributed by atoms with Gasteiger partial charge in [0.25, 0.3) is 10.0 Å². The molecule has 0 amide bonds. The van der Waals surface area contributed by atoms with Gasteiger partial charge in [-0.25, -0.2) is 8.42 Å². The van der Waals surface area contributed by atoms with Gasteiger partial charge in [0.15, 0.2) is 0 Å². The maximum atomic E-state index is 12.7. The molecule has 5 N–H and O–H groups in total. The van der Waals surface area contributed by atoms with E-state index < -0.39 is 10.0 Å². The fourth-order valence-electron chi connectivity index (χ4n) is 2.77. The summed E-state index contributed by atoms with van der Waals surface area (Å²) in [5, 5.41) is 13.0. The maximum Gasteiger partial charge on any atom is 0.261 e. The number of aromatic amines is 1. The van der Waals surface area contributed by atoms with Crippen molar-refractivity contribution >= 4 is 32.3 Å². The monoisotopic (exact) mass is 369 g/mol. The van der Waals surface area contributed by atoms with E-state index in [9.17, 15) is 13.7 Å². The topological polar surface area (TPSA) is 124 Å². The molecule has 0 fully saturated rings. The van der Waals surface area contributed by atoms with Crippen molar-refractivity contribution in [3.63, 3.8) is 0 Å². The van der Waals surface area contributed by atoms with Crippen LogP contribution < -0.4 is 15.8 Å². The number of H-pyrrole nitrogens is 1. The Morgan fingerprint density at radius 3 is 2.58 bits per heavy atom. The lowest BCUT2D eigenvalue weighted by Crippen LogP contribution is -2.14. The van der Waals surface area contributed by atoms with Crippen molar-refractivity contribution in [2.75, 3.05) is 23.1 Å². The second kappa shape index (κ2) is 7.07. The highest BCUT2D eigenvalue weighted by Gasteiger charge is 2.17. The Kier molecular flexibility index (Phi) is 4.84. The van der Waals surface area contributed by atoms with Crippen molar-refractivity contribution in [2.24, 2.45) is 5.73 Å². The first-order valence-corrected chi connectivity index (χ1v) is 9.52. The van der Waals surface area contributed by atoms with Crippen LogP contribution in [0.3, 0.4) is 0 Å². The van der Waals surface area contributed by atoms with Gasteiger partial charge in [-0.15, -0.1) is 0 Å². The Bertz CT molecular complexity index is 1080. The third kappa shape index (κ3) is 3.35. The van der Waals surface area contributed by atoms with Gasteiger partial charge in [-0.1, -0.05) is 6.07 Å². The number of nitriles is 1. The molecule has 1 heterocycles. The third-order valence-corrected chi connectivity index (χ3v) is 5.43. The highest BCUT2D eigenvalue weighted by Crippen LogP contribution is 2.30. The van der Waals surface area contributed by atoms with Crippen LogP contribution in [0.2, 0.25) is 0 Å². The predicted octanol–water partition coefficient (Wildman–Crippen LogP) is 2.52. The highest BCUT2D eigenvalue weighted by molar-refractivity contribution is 7.92. The molecule has 0 aliphatic carbocycles. The van der Waals surface area contributed by atoms with Crippen LogP contribution in [0.15, 0.2) is 47.5 Å². The largest absolute Gasteiger partial charge is 0.384 e. The average Bonchev–Trinajstić information content (AvgIpc) is 3.08. The molecule has 0 saturated carbocycles. The van der Waals surface area contributed by atoms with Crippen molar-refractivity contribution in [3.8, 4) is 6.07 Å². The Morgan fingerprint density at radius 2 is 1.92 bits per heavy atom. The zero-order valence-corrected chi connectivity index (χ0v) is 15.0. The minimum atomic E-state index is -3.76. The standard InChI is InChI=1S/C18H19N5O2S/c1-12-2-7-16(18-17(12)13(10-20)11-22-18)23-26(24,25)15-5-3-14(4-6-15)21-9-8-19/h2-7,11,21-23H,8-9,19H2,1H3. The summed E-state index contributed by atoms with van der Waals surface area (Å²) in [5.74, 6) is 0. The molecule has 2 aromatic carbocycles. The van der Waals surface area contributed by atoms with Crippen LogP contribution in [0.1, 0.15) is 11.1 Å². The molecule has 0 radical (unpaired) electrons. The van der Waals surface area contributed by atoms with Crippen LogP contribution >= 0.6 is 0 Å². The molecule has 0 spiro atoms. The summed E-state index contributed by atoms with van der Waals surface area (Å²) in [6.45, 7) is 2.98. The SMILES string of the molecule is Cc1ccc(NS(=O)(=O)c2ccc(NCCN)cc2)c2[nH]cc(C#N)c12. The molecular weight excluding hydrogens is 350 g/mol. The fourth-order valence-corrected chi connectivity index (χ4v) is 3.84. The van der Waals surface area contributed by atoms with Gasteiger partial charge in [0.05, 0.1) is 21.7 Å². The second-order valence-corrected chi connectivity index (χ2v) is 7.52. The third-order valence-electron chi connectivity index (χ3n) is 4.05. The summed E-state index contributed by atoms with van der Waals surface area (Å²) in [6.07, 6.45) is 1.58. The molecule has 0 atom stereocenters. The zero-order chi connectivity index (χ0) is 18.7. The number of sulfonamides is 1. The summed E-state index contributed by atoms with van der Waals surface area (Å²) in [7, 11) is -3.76. The number of nitrogens with zero attached hydrogens (tertiary/aromatic N) is 1. The molecule has 26 heavy (non-hydrogen) atoms. The first kappa shape index (κ1) is 17.8. The zero-order valence-electron chi connectivity index (χ0n) is 14.2. The van der Waals surface area contributed by atoms with E-state index in [1.807, 2.05) is 6.92 Å². The van der Waals surface area contributed by atoms with E-state index in [-0.39, 0.29) is 4.90 Å². The number of nitrogens with two attached hydrogens (primary N) is 1. The van der Waals surface area contributed by atoms with Gasteiger partial charge in [0.1, 0.15) is 6.07 Å². The van der Waals surface area contributed by atoms with E-state index >= 15 is 0 Å². The van der Waals surface area contributed by atoms with Crippen molar-refractivity contribution in [2.45, 2.75) is 11.8 Å². The van der Waals surface area contributed by atoms with Crippen molar-refractivity contribution in [1.29, 1.82) is 5.26 Å². The lowest BCUT2D eigenvalue weighted by molar-refractivity contribution is 0.601. The van der Waals surface area contributed by atoms with Crippen molar-refractivity contribution in [3.05, 3.63) is 53.7 Å². The van der Waals surface area contributed by atoms with E-state index in [4.69, 9.17) is 5.73 Å². The Hall–Kier alpha value is -3.02. The van der Waals surface area contributed by atoms with E-state index in [0.29, 0.717) is 35.2 Å². The number of hydrogen-bond acceptors (Lipinski definition) is 5. The second-order valence-electron chi connectivity index (χ2n) is 5.84. The minimum Gasteiger partial charge on any atom is -0.384 e. The number of fused-ring (bicyclic) bond motifs is 1. The van der Waals surface area contributed by atoms with E-state index in [1.54, 1.807) is 30.5 Å². The number of aryl methyl sites for hydroxylation is 1. The first-order valence-electron chi connectivity index (χ1n) is 8.04. The molecule has 134 valence electrons. The molecule has 1 aromatic heterocycles. The molecular formula is C18H19N5O2S. The van der Waals surface area contributed by atoms with Gasteiger partial charge >= 0.3 is 0 Å². The Labute approximate surface area is 151 Å². The quantitative estimate of drug-likeness (QED) is 0.531. The van der Waals surface area contributed by atoms with Crippen LogP contribution in [-0.2, 0) is 10.0 Å². The lowest BCUT2D eigenvalue weighted by Gasteiger charge is -2.11. The van der Waals surface area contributed by atoms with Gasteiger partial charge in [0, 0.05) is 30.4 Å². The molecule has 3 rings (SSSR count). The van der Waals surface area contributed by atoms with Gasteiger partial charge in [-0.3, -0.25) is 4.72 Å². The molecule has 3 aromatic rings. The van der Waals surface area contributed by atoms with Gasteiger partial charge in [-0.05, 0) is 42.8 Å². The molecule has 0 unspecified atom stereocenters. The van der Waals surface area contributed by atoms with Gasteiger partial charge in [-0.2, -0.15) is 5.26 Å². The number of aromatic nitrogens is 1. The highest BCUT2D eigenvalue weighted by atomic mass is 32.2. The number of anilines is 2. The summed E-state index contributed by atoms with van der Waals surface area (Å²) in [5.41, 5.74) is 8.61. The number of rotatable bonds is 6. The van der Waals surface area contributed by atoms with Gasteiger partial charge in [0.2, 0.25) is 0 Å². The number of nitrogens with one attached hydrogen (secondary N) is 3. The minimum absolute atomic E-state index is 0.150. The van der Waals surface area contributed by atoms with Crippen LogP contribution in [-0.4, -0.2) is 26.5 Å². The van der Waals surface area contributed by atoms with E-state index in [1.165, 1.54) is 12.1 Å². The van der Waals surface area contributed by atoms with Crippen LogP contribution in [0.4, 0.5) is 11.4 Å².